The third-order valence-electron chi connectivity index (χ3n) is 3.94. The van der Waals surface area contributed by atoms with Crippen LogP contribution in [0.15, 0.2) is 58.5 Å². The zero-order valence-electron chi connectivity index (χ0n) is 14.8. The number of phenols is 2. The van der Waals surface area contributed by atoms with Crippen LogP contribution in [0.4, 0.5) is 5.69 Å². The van der Waals surface area contributed by atoms with Gasteiger partial charge in [0, 0.05) is 30.7 Å². The van der Waals surface area contributed by atoms with Gasteiger partial charge in [0.2, 0.25) is 0 Å². The Labute approximate surface area is 223 Å². The Morgan fingerprint density at radius 2 is 1.31 bits per heavy atom. The maximum Gasteiger partial charge on any atom is 0.137 e. The van der Waals surface area contributed by atoms with E-state index in [0.29, 0.717) is 17.7 Å². The first-order chi connectivity index (χ1) is 13.8. The number of phenolic OH excluding ortho intramolecular Hbond substituents is 2. The van der Waals surface area contributed by atoms with Crippen molar-refractivity contribution in [2.24, 2.45) is 9.98 Å². The molecule has 0 fully saturated rings. The molecule has 3 rings (SSSR count). The first-order valence-corrected chi connectivity index (χ1v) is 12.6. The lowest BCUT2D eigenvalue weighted by molar-refractivity contribution is 0.470. The fraction of sp³-hybridized carbons (Fsp3) is 0.0476. The molecule has 29 heavy (non-hydrogen) atoms. The molecule has 0 unspecified atom stereocenters. The molecule has 0 saturated heterocycles. The van der Waals surface area contributed by atoms with Gasteiger partial charge in [-0.05, 0) is 126 Å². The minimum absolute atomic E-state index is 0.231. The smallest absolute Gasteiger partial charge is 0.137 e. The molecule has 0 heterocycles. The average Bonchev–Trinajstić information content (AvgIpc) is 2.68. The number of hydrogen-bond donors (Lipinski definition) is 2. The summed E-state index contributed by atoms with van der Waals surface area (Å²) in [5, 5.41) is 20.5. The van der Waals surface area contributed by atoms with E-state index in [1.165, 1.54) is 0 Å². The molecule has 0 spiro atoms. The highest BCUT2D eigenvalue weighted by molar-refractivity contribution is 14.1. The third-order valence-corrected chi connectivity index (χ3v) is 6.83. The summed E-state index contributed by atoms with van der Waals surface area (Å²) in [5.41, 5.74) is 3.12. The van der Waals surface area contributed by atoms with Gasteiger partial charge in [-0.15, -0.1) is 0 Å². The van der Waals surface area contributed by atoms with Crippen molar-refractivity contribution in [2.45, 2.75) is 6.54 Å². The first kappa shape index (κ1) is 23.2. The van der Waals surface area contributed by atoms with Gasteiger partial charge in [-0.1, -0.05) is 18.2 Å². The zero-order chi connectivity index (χ0) is 21.0. The van der Waals surface area contributed by atoms with E-state index >= 15 is 0 Å². The van der Waals surface area contributed by atoms with Crippen molar-refractivity contribution in [1.82, 2.24) is 0 Å². The van der Waals surface area contributed by atoms with Gasteiger partial charge in [0.05, 0.1) is 19.4 Å². The molecule has 3 aromatic carbocycles. The van der Waals surface area contributed by atoms with Gasteiger partial charge in [-0.3, -0.25) is 9.98 Å². The normalized spacial score (nSPS) is 11.6. The Morgan fingerprint density at radius 3 is 1.93 bits per heavy atom. The number of para-hydroxylation sites is 1. The Balaban J connectivity index is 1.83. The Bertz CT molecular complexity index is 1110. The number of aliphatic imine (C=N–C) groups is 2. The van der Waals surface area contributed by atoms with E-state index in [9.17, 15) is 10.2 Å². The molecule has 2 N–H and O–H groups in total. The topological polar surface area (TPSA) is 65.2 Å². The molecule has 0 saturated carbocycles. The number of rotatable bonds is 5. The van der Waals surface area contributed by atoms with Gasteiger partial charge in [-0.2, -0.15) is 0 Å². The second-order valence-corrected chi connectivity index (χ2v) is 10.8. The van der Waals surface area contributed by atoms with Crippen molar-refractivity contribution in [1.29, 1.82) is 0 Å². The Hall–Kier alpha value is -0.480. The predicted octanol–water partition coefficient (Wildman–Crippen LogP) is 6.89. The van der Waals surface area contributed by atoms with Crippen LogP contribution in [0.1, 0.15) is 16.7 Å². The Morgan fingerprint density at radius 1 is 0.759 bits per heavy atom. The summed E-state index contributed by atoms with van der Waals surface area (Å²) in [6.45, 7) is 0.435. The van der Waals surface area contributed by atoms with E-state index < -0.39 is 0 Å². The summed E-state index contributed by atoms with van der Waals surface area (Å²) in [6, 6.07) is 15.4. The molecule has 0 aliphatic carbocycles. The highest BCUT2D eigenvalue weighted by Gasteiger charge is 2.07. The molecule has 0 atom stereocenters. The second-order valence-electron chi connectivity index (χ2n) is 6.01. The fourth-order valence-corrected chi connectivity index (χ4v) is 6.30. The van der Waals surface area contributed by atoms with Crippen molar-refractivity contribution in [3.05, 3.63) is 79.5 Å². The summed E-state index contributed by atoms with van der Waals surface area (Å²) in [6.07, 6.45) is 3.36. The highest BCUT2D eigenvalue weighted by atomic mass is 127. The zero-order valence-corrected chi connectivity index (χ0v) is 23.4. The predicted molar refractivity (Wildman–Crippen MR) is 152 cm³/mol. The van der Waals surface area contributed by atoms with Gasteiger partial charge < -0.3 is 10.2 Å². The summed E-state index contributed by atoms with van der Waals surface area (Å²) < 4.78 is 3.67. The number of benzene rings is 3. The lowest BCUT2D eigenvalue weighted by Crippen LogP contribution is -1.90. The Kier molecular flexibility index (Phi) is 8.56. The van der Waals surface area contributed by atoms with Crippen LogP contribution >= 0.6 is 90.4 Å². The molecule has 3 aromatic rings. The van der Waals surface area contributed by atoms with Crippen LogP contribution < -0.4 is 0 Å². The largest absolute Gasteiger partial charge is 0.506 e. The van der Waals surface area contributed by atoms with Crippen LogP contribution in [-0.4, -0.2) is 22.6 Å². The monoisotopic (exact) mass is 834 g/mol. The lowest BCUT2D eigenvalue weighted by atomic mass is 10.1. The van der Waals surface area contributed by atoms with E-state index in [2.05, 4.69) is 100 Å². The average molecular weight is 834 g/mol. The molecule has 4 nitrogen and oxygen atoms in total. The number of nitrogens with zero attached hydrogens (tertiary/aromatic N) is 2. The molecule has 0 aromatic heterocycles. The van der Waals surface area contributed by atoms with E-state index in [-0.39, 0.29) is 11.5 Å². The molecule has 0 radical (unpaired) electrons. The molecule has 8 heteroatoms. The number of aromatic hydroxyl groups is 2. The van der Waals surface area contributed by atoms with Crippen LogP contribution in [0.2, 0.25) is 0 Å². The van der Waals surface area contributed by atoms with Gasteiger partial charge in [0.25, 0.3) is 0 Å². The van der Waals surface area contributed by atoms with Crippen molar-refractivity contribution >= 4 is 108 Å². The van der Waals surface area contributed by atoms with E-state index in [1.807, 2.05) is 48.5 Å². The summed E-state index contributed by atoms with van der Waals surface area (Å²) in [7, 11) is 0. The van der Waals surface area contributed by atoms with E-state index in [0.717, 1.165) is 25.5 Å². The highest BCUT2D eigenvalue weighted by Crippen LogP contribution is 2.28. The third kappa shape index (κ3) is 6.26. The molecule has 0 aliphatic heterocycles. The summed E-state index contributed by atoms with van der Waals surface area (Å²) in [5.74, 6) is 0.471. The van der Waals surface area contributed by atoms with Crippen molar-refractivity contribution in [3.63, 3.8) is 0 Å². The maximum absolute atomic E-state index is 10.3. The summed E-state index contributed by atoms with van der Waals surface area (Å²) in [4.78, 5) is 9.07. The summed E-state index contributed by atoms with van der Waals surface area (Å²) >= 11 is 8.66. The van der Waals surface area contributed by atoms with Gasteiger partial charge >= 0.3 is 0 Å². The number of hydrogen-bond acceptors (Lipinski definition) is 4. The van der Waals surface area contributed by atoms with Crippen molar-refractivity contribution < 1.29 is 10.2 Å². The van der Waals surface area contributed by atoms with Crippen molar-refractivity contribution in [3.8, 4) is 11.5 Å². The van der Waals surface area contributed by atoms with Crippen LogP contribution in [-0.2, 0) is 6.54 Å². The van der Waals surface area contributed by atoms with Crippen LogP contribution in [0, 0.1) is 14.3 Å². The minimum Gasteiger partial charge on any atom is -0.506 e. The molecule has 148 valence electrons. The van der Waals surface area contributed by atoms with Crippen LogP contribution in [0.25, 0.3) is 0 Å². The fourth-order valence-electron chi connectivity index (χ4n) is 2.52. The molecule has 0 amide bonds. The van der Waals surface area contributed by atoms with Gasteiger partial charge in [0.1, 0.15) is 11.5 Å². The molecule has 0 aliphatic rings. The SMILES string of the molecule is Oc1c(I)cc(I)cc1C=NCc1ccccc1N=Cc1cc(I)cc(I)c1O. The molecular formula is C21H14I4N2O2. The maximum atomic E-state index is 10.3. The van der Waals surface area contributed by atoms with Crippen LogP contribution in [0.3, 0.4) is 0 Å². The van der Waals surface area contributed by atoms with Gasteiger partial charge in [0.15, 0.2) is 0 Å². The quantitative estimate of drug-likeness (QED) is 0.218. The minimum atomic E-state index is 0.231. The van der Waals surface area contributed by atoms with Crippen LogP contribution in [0.5, 0.6) is 11.5 Å². The van der Waals surface area contributed by atoms with Crippen molar-refractivity contribution in [2.75, 3.05) is 0 Å². The standard InChI is InChI=1S/C21H14I4N2O2/c22-15-5-13(20(28)17(24)7-15)10-26-9-12-3-1-2-4-19(12)27-11-14-6-16(23)8-18(25)21(14)29/h1-8,10-11,28-29H,9H2. The van der Waals surface area contributed by atoms with E-state index in [1.54, 1.807) is 12.4 Å². The number of halogens is 4. The lowest BCUT2D eigenvalue weighted by Gasteiger charge is -2.05. The van der Waals surface area contributed by atoms with E-state index in [4.69, 9.17) is 0 Å². The van der Waals surface area contributed by atoms with Gasteiger partial charge in [-0.25, -0.2) is 0 Å². The molecule has 0 bridgehead atoms. The second kappa shape index (κ2) is 10.7. The molecular weight excluding hydrogens is 820 g/mol. The first-order valence-electron chi connectivity index (χ1n) is 8.33.